The molecule has 4 aromatic carbocycles. The number of carbonyl (C=O) groups is 2. The molecule has 4 aromatic rings. The number of nitrogens with one attached hydrogen (secondary N) is 2. The Morgan fingerprint density at radius 2 is 1.56 bits per heavy atom. The Bertz CT molecular complexity index is 1660. The highest BCUT2D eigenvalue weighted by Crippen LogP contribution is 2.21. The van der Waals surface area contributed by atoms with Crippen molar-refractivity contribution in [2.24, 2.45) is 0 Å². The van der Waals surface area contributed by atoms with Gasteiger partial charge in [0.15, 0.2) is 6.61 Å². The summed E-state index contributed by atoms with van der Waals surface area (Å²) in [7, 11) is -2.42. The SMILES string of the molecule is COCCNC(=O)[C@H](Cc1ccccc1)N(Cc1ccc(Cl)cc1)C(=O)COc1ccc(S(=O)(=O)Nc2ccc(F)cc2)cc1. The lowest BCUT2D eigenvalue weighted by Gasteiger charge is -2.31. The first kappa shape index (κ1) is 33.4. The largest absolute Gasteiger partial charge is 0.484 e. The molecule has 0 heterocycles. The predicted molar refractivity (Wildman–Crippen MR) is 170 cm³/mol. The first-order valence-corrected chi connectivity index (χ1v) is 15.9. The van der Waals surface area contributed by atoms with Gasteiger partial charge in [0, 0.05) is 37.3 Å². The van der Waals surface area contributed by atoms with Gasteiger partial charge in [-0.3, -0.25) is 14.3 Å². The molecule has 4 rings (SSSR count). The van der Waals surface area contributed by atoms with Gasteiger partial charge in [-0.1, -0.05) is 54.1 Å². The molecule has 0 saturated heterocycles. The number of halogens is 2. The number of rotatable bonds is 15. The summed E-state index contributed by atoms with van der Waals surface area (Å²) in [5, 5.41) is 3.39. The molecule has 0 saturated carbocycles. The zero-order valence-corrected chi connectivity index (χ0v) is 26.1. The van der Waals surface area contributed by atoms with Crippen LogP contribution in [0.15, 0.2) is 108 Å². The summed E-state index contributed by atoms with van der Waals surface area (Å²) < 4.78 is 51.9. The van der Waals surface area contributed by atoms with Crippen molar-refractivity contribution < 1.29 is 31.9 Å². The molecule has 236 valence electrons. The van der Waals surface area contributed by atoms with Crippen LogP contribution in [0.25, 0.3) is 0 Å². The van der Waals surface area contributed by atoms with Gasteiger partial charge < -0.3 is 19.7 Å². The third kappa shape index (κ3) is 10.0. The van der Waals surface area contributed by atoms with Crippen LogP contribution in [0, 0.1) is 5.82 Å². The predicted octanol–water partition coefficient (Wildman–Crippen LogP) is 5.06. The Balaban J connectivity index is 1.52. The van der Waals surface area contributed by atoms with Gasteiger partial charge >= 0.3 is 0 Å². The molecule has 0 aliphatic heterocycles. The fraction of sp³-hybridized carbons (Fsp3) is 0.212. The molecule has 0 radical (unpaired) electrons. The normalized spacial score (nSPS) is 11.8. The highest BCUT2D eigenvalue weighted by atomic mass is 35.5. The van der Waals surface area contributed by atoms with E-state index >= 15 is 0 Å². The molecule has 0 fully saturated rings. The first-order chi connectivity index (χ1) is 21.6. The van der Waals surface area contributed by atoms with Crippen molar-refractivity contribution in [3.05, 3.63) is 125 Å². The van der Waals surface area contributed by atoms with Gasteiger partial charge in [0.05, 0.1) is 11.5 Å². The minimum Gasteiger partial charge on any atom is -0.484 e. The van der Waals surface area contributed by atoms with Crippen molar-refractivity contribution in [1.29, 1.82) is 0 Å². The Labute approximate surface area is 267 Å². The summed E-state index contributed by atoms with van der Waals surface area (Å²) in [6.45, 7) is 0.277. The molecular formula is C33H33ClFN3O6S. The lowest BCUT2D eigenvalue weighted by Crippen LogP contribution is -2.52. The van der Waals surface area contributed by atoms with Crippen LogP contribution in [0.2, 0.25) is 5.02 Å². The number of ether oxygens (including phenoxy) is 2. The smallest absolute Gasteiger partial charge is 0.261 e. The number of sulfonamides is 1. The molecular weight excluding hydrogens is 621 g/mol. The Morgan fingerprint density at radius 1 is 0.889 bits per heavy atom. The summed E-state index contributed by atoms with van der Waals surface area (Å²) in [6.07, 6.45) is 0.257. The number of anilines is 1. The lowest BCUT2D eigenvalue weighted by atomic mass is 10.0. The molecule has 0 aliphatic carbocycles. The van der Waals surface area contributed by atoms with Crippen molar-refractivity contribution in [2.45, 2.75) is 23.9 Å². The minimum absolute atomic E-state index is 0.0504. The van der Waals surface area contributed by atoms with Crippen molar-refractivity contribution in [3.8, 4) is 5.75 Å². The van der Waals surface area contributed by atoms with Crippen LogP contribution in [0.1, 0.15) is 11.1 Å². The Morgan fingerprint density at radius 3 is 2.20 bits per heavy atom. The van der Waals surface area contributed by atoms with Crippen LogP contribution in [-0.2, 0) is 37.3 Å². The third-order valence-corrected chi connectivity index (χ3v) is 8.38. The van der Waals surface area contributed by atoms with Crippen molar-refractivity contribution in [3.63, 3.8) is 0 Å². The molecule has 0 unspecified atom stereocenters. The summed E-state index contributed by atoms with van der Waals surface area (Å²) in [5.41, 5.74) is 1.84. The molecule has 2 amide bonds. The van der Waals surface area contributed by atoms with Crippen LogP contribution >= 0.6 is 11.6 Å². The molecule has 45 heavy (non-hydrogen) atoms. The van der Waals surface area contributed by atoms with Crippen molar-refractivity contribution in [2.75, 3.05) is 31.6 Å². The number of benzene rings is 4. The second-order valence-electron chi connectivity index (χ2n) is 10.0. The average Bonchev–Trinajstić information content (AvgIpc) is 3.04. The van der Waals surface area contributed by atoms with E-state index in [1.807, 2.05) is 30.3 Å². The number of hydrogen-bond donors (Lipinski definition) is 2. The maximum absolute atomic E-state index is 13.7. The molecule has 0 spiro atoms. The Hall–Kier alpha value is -4.45. The second-order valence-corrected chi connectivity index (χ2v) is 12.1. The van der Waals surface area contributed by atoms with Gasteiger partial charge in [-0.2, -0.15) is 0 Å². The van der Waals surface area contributed by atoms with Gasteiger partial charge in [0.2, 0.25) is 5.91 Å². The van der Waals surface area contributed by atoms with E-state index < -0.39 is 34.4 Å². The standard InChI is InChI=1S/C33H33ClFN3O6S/c1-43-20-19-36-33(40)31(21-24-5-3-2-4-6-24)38(22-25-7-9-26(34)10-8-25)32(39)23-44-29-15-17-30(18-16-29)45(41,42)37-28-13-11-27(35)12-14-28/h2-18,31,37H,19-23H2,1H3,(H,36,40)/t31-/m0/s1. The van der Waals surface area contributed by atoms with Gasteiger partial charge in [0.1, 0.15) is 17.6 Å². The van der Waals surface area contributed by atoms with Gasteiger partial charge in [-0.25, -0.2) is 12.8 Å². The van der Waals surface area contributed by atoms with E-state index in [-0.39, 0.29) is 41.7 Å². The van der Waals surface area contributed by atoms with E-state index in [0.717, 1.165) is 23.3 Å². The maximum Gasteiger partial charge on any atom is 0.261 e. The van der Waals surface area contributed by atoms with E-state index in [0.29, 0.717) is 11.6 Å². The summed E-state index contributed by atoms with van der Waals surface area (Å²) in [5.74, 6) is -1.04. The number of carbonyl (C=O) groups excluding carboxylic acids is 2. The molecule has 0 bridgehead atoms. The van der Waals surface area contributed by atoms with Crippen LogP contribution in [0.5, 0.6) is 5.75 Å². The maximum atomic E-state index is 13.7. The van der Waals surface area contributed by atoms with Crippen LogP contribution in [0.4, 0.5) is 10.1 Å². The van der Waals surface area contributed by atoms with Gasteiger partial charge in [-0.05, 0) is 71.8 Å². The average molecular weight is 654 g/mol. The first-order valence-electron chi connectivity index (χ1n) is 14.0. The molecule has 0 aliphatic rings. The quantitative estimate of drug-likeness (QED) is 0.173. The van der Waals surface area contributed by atoms with Gasteiger partial charge in [-0.15, -0.1) is 0 Å². The number of methoxy groups -OCH3 is 1. The van der Waals surface area contributed by atoms with E-state index in [9.17, 15) is 22.4 Å². The van der Waals surface area contributed by atoms with Crippen molar-refractivity contribution in [1.82, 2.24) is 10.2 Å². The number of amides is 2. The molecule has 1 atom stereocenters. The van der Waals surface area contributed by atoms with E-state index in [1.54, 1.807) is 24.3 Å². The summed E-state index contributed by atoms with van der Waals surface area (Å²) >= 11 is 6.07. The van der Waals surface area contributed by atoms with Crippen LogP contribution < -0.4 is 14.8 Å². The molecule has 9 nitrogen and oxygen atoms in total. The van der Waals surface area contributed by atoms with E-state index in [2.05, 4.69) is 10.0 Å². The zero-order valence-electron chi connectivity index (χ0n) is 24.5. The fourth-order valence-corrected chi connectivity index (χ4v) is 5.59. The number of hydrogen-bond acceptors (Lipinski definition) is 6. The second kappa shape index (κ2) is 16.0. The minimum atomic E-state index is -3.95. The van der Waals surface area contributed by atoms with Gasteiger partial charge in [0.25, 0.3) is 15.9 Å². The Kier molecular flexibility index (Phi) is 11.9. The third-order valence-electron chi connectivity index (χ3n) is 6.74. The number of nitrogens with zero attached hydrogens (tertiary/aromatic N) is 1. The molecule has 2 N–H and O–H groups in total. The molecule has 0 aromatic heterocycles. The van der Waals surface area contributed by atoms with Crippen LogP contribution in [0.3, 0.4) is 0 Å². The van der Waals surface area contributed by atoms with Crippen LogP contribution in [-0.4, -0.2) is 58.0 Å². The highest BCUT2D eigenvalue weighted by Gasteiger charge is 2.30. The fourth-order valence-electron chi connectivity index (χ4n) is 4.41. The van der Waals surface area contributed by atoms with E-state index in [4.69, 9.17) is 21.1 Å². The monoisotopic (exact) mass is 653 g/mol. The summed E-state index contributed by atoms with van der Waals surface area (Å²) in [6, 6.07) is 25.9. The lowest BCUT2D eigenvalue weighted by molar-refractivity contribution is -0.142. The highest BCUT2D eigenvalue weighted by molar-refractivity contribution is 7.92. The summed E-state index contributed by atoms with van der Waals surface area (Å²) in [4.78, 5) is 28.6. The van der Waals surface area contributed by atoms with E-state index in [1.165, 1.54) is 48.4 Å². The van der Waals surface area contributed by atoms with Crippen molar-refractivity contribution >= 4 is 39.1 Å². The topological polar surface area (TPSA) is 114 Å². The zero-order chi connectivity index (χ0) is 32.2. The molecule has 12 heteroatoms.